The van der Waals surface area contributed by atoms with Crippen LogP contribution in [0.15, 0.2) is 180 Å². The Morgan fingerprint density at radius 1 is 0.225 bits per heavy atom. The number of rotatable bonds is 48. The van der Waals surface area contributed by atoms with Gasteiger partial charge in [0.15, 0.2) is 0 Å². The van der Waals surface area contributed by atoms with Crippen molar-refractivity contribution < 1.29 is 47.1 Å². The molecule has 6 nitrogen and oxygen atoms in total. The van der Waals surface area contributed by atoms with Gasteiger partial charge >= 0.3 is 33.0 Å². The van der Waals surface area contributed by atoms with E-state index in [9.17, 15) is 16.6 Å². The molecule has 0 atom stereocenters. The average molecular weight is 1720 g/mol. The van der Waals surface area contributed by atoms with Crippen molar-refractivity contribution in [3.8, 4) is 0 Å². The van der Waals surface area contributed by atoms with E-state index >= 15 is 0 Å². The topological polar surface area (TPSA) is 75.9 Å². The van der Waals surface area contributed by atoms with Crippen molar-refractivity contribution in [3.63, 3.8) is 0 Å². The third kappa shape index (κ3) is 42.3. The van der Waals surface area contributed by atoms with Crippen LogP contribution in [0, 0.1) is 27.7 Å². The van der Waals surface area contributed by atoms with Gasteiger partial charge in [0.05, 0.1) is 0 Å². The molecule has 0 N–H and O–H groups in total. The van der Waals surface area contributed by atoms with E-state index in [0.29, 0.717) is 0 Å². The minimum Gasteiger partial charge on any atom is -0.493 e. The Bertz CT molecular complexity index is 3780. The maximum absolute atomic E-state index is 12.0. The molecule has 8 heteroatoms. The zero-order valence-electron chi connectivity index (χ0n) is 78.7. The summed E-state index contributed by atoms with van der Waals surface area (Å²) in [7, 11) is 0. The van der Waals surface area contributed by atoms with E-state index in [0.717, 1.165) is 145 Å². The summed E-state index contributed by atoms with van der Waals surface area (Å²) in [5, 5.41) is 0. The van der Waals surface area contributed by atoms with Gasteiger partial charge in [0.1, 0.15) is 0 Å². The zero-order chi connectivity index (χ0) is 86.3. The van der Waals surface area contributed by atoms with Crippen LogP contribution in [-0.4, -0.2) is 14.1 Å². The molecule has 0 amide bonds. The van der Waals surface area contributed by atoms with E-state index in [1.54, 1.807) is 4.70 Å². The molecule has 0 spiro atoms. The summed E-state index contributed by atoms with van der Waals surface area (Å²) in [6, 6.07) is 52.2. The minimum absolute atomic E-state index is 0. The van der Waals surface area contributed by atoms with E-state index in [2.05, 4.69) is 282 Å². The molecule has 666 valence electrons. The minimum atomic E-state index is 0. The van der Waals surface area contributed by atoms with Crippen molar-refractivity contribution in [1.29, 1.82) is 0 Å². The molecule has 3 aliphatic heterocycles. The van der Waals surface area contributed by atoms with Crippen LogP contribution in [0.4, 0.5) is 0 Å². The van der Waals surface area contributed by atoms with Crippen molar-refractivity contribution in [2.45, 2.75) is 392 Å². The Morgan fingerprint density at radius 2 is 0.433 bits per heavy atom. The van der Waals surface area contributed by atoms with Gasteiger partial charge in [-0.2, -0.15) is 25.7 Å². The van der Waals surface area contributed by atoms with Crippen molar-refractivity contribution in [2.75, 3.05) is 0 Å². The van der Waals surface area contributed by atoms with Crippen molar-refractivity contribution >= 4 is 34.2 Å². The Hall–Kier alpha value is -6.45. The predicted molar refractivity (Wildman–Crippen MR) is 521 cm³/mol. The quantitative estimate of drug-likeness (QED) is 0.0158. The summed E-state index contributed by atoms with van der Waals surface area (Å²) < 4.78 is 4.32. The fraction of sp³-hybridized carbons (Fsp3) is 0.536. The van der Waals surface area contributed by atoms with E-state index in [4.69, 9.17) is 0 Å². The maximum atomic E-state index is 12.0. The van der Waals surface area contributed by atoms with Crippen LogP contribution in [0.5, 0.6) is 0 Å². The molecule has 0 fully saturated rings. The zero-order valence-corrected chi connectivity index (χ0v) is 80.7. The molecule has 0 saturated heterocycles. The first-order valence-corrected chi connectivity index (χ1v) is 48.1. The van der Waals surface area contributed by atoms with Crippen LogP contribution in [-0.2, 0) is 71.5 Å². The summed E-state index contributed by atoms with van der Waals surface area (Å²) in [5.41, 5.74) is 59.2. The molecule has 0 saturated carbocycles. The number of nitrogens with zero attached hydrogens (tertiary/aromatic N) is 6. The summed E-state index contributed by atoms with van der Waals surface area (Å²) in [4.78, 5) is 0. The molecule has 9 rings (SSSR count). The number of unbranched alkanes of at least 4 members (excludes halogenated alkanes) is 26. The standard InChI is InChI=1S/C38H56N2.2C25H30N2.2C8H17.2C4H9.2Ni/c1-5-9-13-15-16-18-28-36-35(27-17-14-10-6-2)37(33-25-19-23-31(29-33)21-11-7-3)40(39)38(36)34-26-20-24-32(30-34)22-12-8-4;2*1-4-6-10-20-12-8-14-22(17-20)24-16-19(3)25(27(24)26)23-15-9-13-21(18-23)11-7-5-2;2*1-3-5-7-8-6-4-2;2*1-3-4-2;;/h19-20,23-26,29-30H,5-18,21-22,27-28H2,1-4H3;2*8-9,12-18H,4-7,10-11H2,1-3H3;2*1,3-8H2,2H3;2*1,3-4H2,2H3;;/q;;;4*-1;2*+2. The first-order chi connectivity index (χ1) is 57.6. The van der Waals surface area contributed by atoms with Crippen LogP contribution in [0.25, 0.3) is 50.8 Å². The normalized spacial score (nSPS) is 12.7. The van der Waals surface area contributed by atoms with Crippen LogP contribution in [0.1, 0.15) is 421 Å². The van der Waals surface area contributed by atoms with Crippen LogP contribution in [0.3, 0.4) is 0 Å². The largest absolute Gasteiger partial charge is 2.00 e. The first-order valence-electron chi connectivity index (χ1n) is 48.1. The van der Waals surface area contributed by atoms with Gasteiger partial charge in [-0.3, -0.25) is 0 Å². The Kier molecular flexibility index (Phi) is 65.9. The van der Waals surface area contributed by atoms with Gasteiger partial charge in [0.25, 0.3) is 0 Å². The molecule has 0 aromatic heterocycles. The van der Waals surface area contributed by atoms with Gasteiger partial charge in [-0.1, -0.05) is 323 Å². The van der Waals surface area contributed by atoms with Gasteiger partial charge in [-0.25, -0.2) is 14.1 Å². The van der Waals surface area contributed by atoms with E-state index in [1.165, 1.54) is 283 Å². The monoisotopic (exact) mass is 1710 g/mol. The Labute approximate surface area is 759 Å². The molecule has 3 aliphatic rings. The van der Waals surface area contributed by atoms with Crippen LogP contribution >= 0.6 is 0 Å². The summed E-state index contributed by atoms with van der Waals surface area (Å²) in [6.07, 6.45) is 60.3. The third-order valence-corrected chi connectivity index (χ3v) is 22.3. The second-order valence-corrected chi connectivity index (χ2v) is 33.1. The van der Waals surface area contributed by atoms with E-state index in [1.807, 2.05) is 0 Å². The fourth-order valence-corrected chi connectivity index (χ4v) is 15.1. The Balaban J connectivity index is 0.000000795. The van der Waals surface area contributed by atoms with Crippen molar-refractivity contribution in [1.82, 2.24) is 0 Å². The smallest absolute Gasteiger partial charge is 0.493 e. The van der Waals surface area contributed by atoms with Gasteiger partial charge < -0.3 is 44.3 Å². The van der Waals surface area contributed by atoms with E-state index < -0.39 is 0 Å². The molecule has 6 aromatic carbocycles. The molecule has 0 aliphatic carbocycles. The first kappa shape index (κ1) is 112. The predicted octanol–water partition coefficient (Wildman–Crippen LogP) is 36.2. The summed E-state index contributed by atoms with van der Waals surface area (Å²) in [6.45, 7) is 45.6. The van der Waals surface area contributed by atoms with Crippen LogP contribution in [0.2, 0.25) is 0 Å². The SMILES string of the molecule is CCCCCCCCC1=C(c2cccc(CCCC)c2)[N+](=[N-])C(c2cccc(CCCC)c2)=C1CCCCCC.CCCCc1cccc(C2=CC(C)=C(c3cccc(CCCC)c3)[N+]2=[N-])c1.CCCCc1cccc(C2=CC(C)=C(c3cccc(CCCC)c3)[N+]2=[N-])c1.[CH2-]CCC.[CH2-]CCC.[CH2-]CCCCCCC.[CH2-]CCCCCCC.[Ni+2].[Ni+2]. The van der Waals surface area contributed by atoms with Crippen molar-refractivity contribution in [3.05, 3.63) is 291 Å². The molecule has 0 unspecified atom stereocenters. The van der Waals surface area contributed by atoms with Gasteiger partial charge in [0.2, 0.25) is 34.2 Å². The molecular formula is C112H168N6Ni2. The maximum Gasteiger partial charge on any atom is 2.00 e. The molecule has 120 heavy (non-hydrogen) atoms. The average Bonchev–Trinajstić information content (AvgIpc) is 1.61. The number of hydrogen-bond donors (Lipinski definition) is 0. The second kappa shape index (κ2) is 70.9. The van der Waals surface area contributed by atoms with Crippen molar-refractivity contribution in [2.24, 2.45) is 0 Å². The number of benzene rings is 6. The van der Waals surface area contributed by atoms with Crippen LogP contribution < -0.4 is 0 Å². The molecule has 6 aromatic rings. The molecule has 0 bridgehead atoms. The summed E-state index contributed by atoms with van der Waals surface area (Å²) in [5.74, 6) is 0. The number of aryl methyl sites for hydroxylation is 6. The van der Waals surface area contributed by atoms with Gasteiger partial charge in [-0.15, -0.1) is 0 Å². The second-order valence-electron chi connectivity index (χ2n) is 33.1. The fourth-order valence-electron chi connectivity index (χ4n) is 15.1. The molecule has 0 radical (unpaired) electrons. The van der Waals surface area contributed by atoms with Gasteiger partial charge in [-0.05, 0) is 223 Å². The van der Waals surface area contributed by atoms with Gasteiger partial charge in [0, 0.05) is 67.8 Å². The molecular weight excluding hydrogens is 1550 g/mol. The third-order valence-electron chi connectivity index (χ3n) is 22.3. The number of hydrogen-bond acceptors (Lipinski definition) is 0. The Morgan fingerprint density at radius 3 is 0.675 bits per heavy atom. The molecule has 3 heterocycles. The van der Waals surface area contributed by atoms with E-state index in [-0.39, 0.29) is 33.0 Å². The number of allylic oxidation sites excluding steroid dienone is 6. The summed E-state index contributed by atoms with van der Waals surface area (Å²) >= 11 is 0.